The predicted octanol–water partition coefficient (Wildman–Crippen LogP) is 5.23. The lowest BCUT2D eigenvalue weighted by molar-refractivity contribution is -0.167. The molecule has 3 atom stereocenters. The van der Waals surface area contributed by atoms with E-state index < -0.39 is 56.0 Å². The first kappa shape index (κ1) is 37.2. The number of benzene rings is 3. The highest BCUT2D eigenvalue weighted by atomic mass is 28.3. The first-order valence-corrected chi connectivity index (χ1v) is 19.2. The molecular formula is C35H45F2N3O6Si. The Bertz CT molecular complexity index is 1440. The van der Waals surface area contributed by atoms with Crippen molar-refractivity contribution < 1.29 is 37.7 Å². The largest absolute Gasteiger partial charge is 0.489 e. The molecule has 254 valence electrons. The third kappa shape index (κ3) is 12.1. The van der Waals surface area contributed by atoms with Gasteiger partial charge < -0.3 is 30.5 Å². The smallest absolute Gasteiger partial charge is 0.408 e. The summed E-state index contributed by atoms with van der Waals surface area (Å²) in [7, 11) is -1.93. The molecule has 0 aliphatic carbocycles. The summed E-state index contributed by atoms with van der Waals surface area (Å²) in [6, 6.07) is 22.3. The maximum Gasteiger partial charge on any atom is 0.408 e. The quantitative estimate of drug-likeness (QED) is 0.155. The van der Waals surface area contributed by atoms with Crippen LogP contribution in [0.4, 0.5) is 13.6 Å². The van der Waals surface area contributed by atoms with E-state index in [0.717, 1.165) is 11.1 Å². The van der Waals surface area contributed by atoms with Gasteiger partial charge in [-0.3, -0.25) is 9.59 Å². The lowest BCUT2D eigenvalue weighted by Gasteiger charge is -2.32. The van der Waals surface area contributed by atoms with Crippen LogP contribution in [0.25, 0.3) is 0 Å². The second kappa shape index (κ2) is 17.0. The van der Waals surface area contributed by atoms with E-state index in [1.807, 2.05) is 56.0 Å². The number of alkyl carbamates (subject to hydrolysis) is 1. The van der Waals surface area contributed by atoms with Crippen LogP contribution >= 0.6 is 0 Å². The van der Waals surface area contributed by atoms with Crippen molar-refractivity contribution in [1.82, 2.24) is 16.0 Å². The zero-order valence-electron chi connectivity index (χ0n) is 27.5. The lowest BCUT2D eigenvalue weighted by atomic mass is 9.95. The Kier molecular flexibility index (Phi) is 13.5. The average Bonchev–Trinajstić information content (AvgIpc) is 3.04. The zero-order chi connectivity index (χ0) is 34.6. The minimum atomic E-state index is -4.23. The van der Waals surface area contributed by atoms with Crippen molar-refractivity contribution in [2.24, 2.45) is 5.92 Å². The fourth-order valence-electron chi connectivity index (χ4n) is 4.51. The summed E-state index contributed by atoms with van der Waals surface area (Å²) >= 11 is 0. The predicted molar refractivity (Wildman–Crippen MR) is 179 cm³/mol. The maximum absolute atomic E-state index is 15.4. The minimum Gasteiger partial charge on any atom is -0.489 e. The number of aliphatic hydroxyl groups excluding tert-OH is 1. The van der Waals surface area contributed by atoms with Crippen molar-refractivity contribution in [3.63, 3.8) is 0 Å². The molecule has 3 aromatic carbocycles. The van der Waals surface area contributed by atoms with Crippen molar-refractivity contribution in [2.75, 3.05) is 6.17 Å². The second-order valence-electron chi connectivity index (χ2n) is 13.0. The highest BCUT2D eigenvalue weighted by molar-refractivity contribution is 6.76. The molecule has 0 heterocycles. The fraction of sp³-hybridized carbons (Fsp3) is 0.400. The number of hydrogen-bond acceptors (Lipinski definition) is 6. The summed E-state index contributed by atoms with van der Waals surface area (Å²) in [4.78, 5) is 38.7. The molecule has 0 radical (unpaired) electrons. The number of rotatable bonds is 16. The molecule has 0 saturated carbocycles. The third-order valence-electron chi connectivity index (χ3n) is 7.22. The molecule has 47 heavy (non-hydrogen) atoms. The standard InChI is InChI=1S/C35H45F2N3O6Si/c1-24(2)30(40-34(44)46-22-27-14-10-7-11-15-27)32(42)39-29(31(41)35(36,37)33(43)38-23-47(3,4)5)20-25-16-18-28(19-17-25)45-21-26-12-8-6-9-13-26/h6-19,24,29-31,41H,20-23H2,1-5H3,(H,38,43)(H,39,42)(H,40,44)/t29?,30-,31?/m0/s1. The SMILES string of the molecule is CC(C)[C@H](NC(=O)OCc1ccccc1)C(=O)NC(Cc1ccc(OCc2ccccc2)cc1)C(O)C(F)(F)C(=O)NC[Si](C)(C)C. The Morgan fingerprint density at radius 2 is 1.36 bits per heavy atom. The molecule has 9 nitrogen and oxygen atoms in total. The molecule has 0 saturated heterocycles. The Morgan fingerprint density at radius 3 is 1.89 bits per heavy atom. The third-order valence-corrected chi connectivity index (χ3v) is 8.46. The van der Waals surface area contributed by atoms with Gasteiger partial charge in [0.1, 0.15) is 31.1 Å². The van der Waals surface area contributed by atoms with Crippen molar-refractivity contribution in [3.05, 3.63) is 102 Å². The Hall–Kier alpha value is -4.29. The molecule has 0 aromatic heterocycles. The number of alkyl halides is 2. The van der Waals surface area contributed by atoms with E-state index in [9.17, 15) is 19.5 Å². The van der Waals surface area contributed by atoms with Gasteiger partial charge in [-0.2, -0.15) is 8.78 Å². The minimum absolute atomic E-state index is 0.0374. The van der Waals surface area contributed by atoms with Gasteiger partial charge in [0, 0.05) is 6.17 Å². The van der Waals surface area contributed by atoms with Crippen molar-refractivity contribution >= 4 is 26.0 Å². The Balaban J connectivity index is 1.77. The molecule has 0 bridgehead atoms. The number of carbonyl (C=O) groups is 3. The number of aliphatic hydroxyl groups is 1. The first-order chi connectivity index (χ1) is 22.2. The van der Waals surface area contributed by atoms with E-state index in [2.05, 4.69) is 16.0 Å². The molecule has 12 heteroatoms. The van der Waals surface area contributed by atoms with Crippen molar-refractivity contribution in [1.29, 1.82) is 0 Å². The molecule has 4 N–H and O–H groups in total. The van der Waals surface area contributed by atoms with Crippen molar-refractivity contribution in [2.45, 2.75) is 77.2 Å². The van der Waals surface area contributed by atoms with E-state index in [1.165, 1.54) is 0 Å². The van der Waals surface area contributed by atoms with Crippen LogP contribution < -0.4 is 20.7 Å². The molecule has 0 fully saturated rings. The summed E-state index contributed by atoms with van der Waals surface area (Å²) in [5.74, 6) is -6.61. The number of ether oxygens (including phenoxy) is 2. The highest BCUT2D eigenvalue weighted by Crippen LogP contribution is 2.25. The summed E-state index contributed by atoms with van der Waals surface area (Å²) < 4.78 is 41.9. The van der Waals surface area contributed by atoms with Crippen LogP contribution in [-0.2, 0) is 34.0 Å². The summed E-state index contributed by atoms with van der Waals surface area (Å²) in [5, 5.41) is 18.2. The Labute approximate surface area is 276 Å². The highest BCUT2D eigenvalue weighted by Gasteiger charge is 2.51. The number of nitrogens with one attached hydrogen (secondary N) is 3. The molecule has 2 unspecified atom stereocenters. The van der Waals surface area contributed by atoms with Crippen LogP contribution in [0.5, 0.6) is 5.75 Å². The number of amides is 3. The van der Waals surface area contributed by atoms with Gasteiger partial charge >= 0.3 is 12.0 Å². The van der Waals surface area contributed by atoms with Gasteiger partial charge in [-0.1, -0.05) is 106 Å². The van der Waals surface area contributed by atoms with Gasteiger partial charge in [0.25, 0.3) is 5.91 Å². The van der Waals surface area contributed by atoms with Crippen LogP contribution in [-0.4, -0.2) is 61.4 Å². The van der Waals surface area contributed by atoms with Gasteiger partial charge in [-0.15, -0.1) is 0 Å². The second-order valence-corrected chi connectivity index (χ2v) is 18.5. The van der Waals surface area contributed by atoms with Crippen LogP contribution in [0.2, 0.25) is 19.6 Å². The molecule has 3 rings (SSSR count). The fourth-order valence-corrected chi connectivity index (χ4v) is 5.20. The van der Waals surface area contributed by atoms with Crippen LogP contribution in [0.1, 0.15) is 30.5 Å². The van der Waals surface area contributed by atoms with E-state index in [4.69, 9.17) is 9.47 Å². The van der Waals surface area contributed by atoms with Gasteiger partial charge in [-0.05, 0) is 41.2 Å². The van der Waals surface area contributed by atoms with Gasteiger partial charge in [-0.25, -0.2) is 4.79 Å². The molecule has 0 aliphatic rings. The van der Waals surface area contributed by atoms with Gasteiger partial charge in [0.2, 0.25) is 5.91 Å². The lowest BCUT2D eigenvalue weighted by Crippen LogP contribution is -2.61. The molecule has 0 aliphatic heterocycles. The monoisotopic (exact) mass is 669 g/mol. The summed E-state index contributed by atoms with van der Waals surface area (Å²) in [6.07, 6.45) is -3.62. The molecule has 3 aromatic rings. The van der Waals surface area contributed by atoms with Crippen LogP contribution in [0.15, 0.2) is 84.9 Å². The topological polar surface area (TPSA) is 126 Å². The normalized spacial score (nSPS) is 13.6. The average molecular weight is 670 g/mol. The first-order valence-electron chi connectivity index (χ1n) is 15.5. The van der Waals surface area contributed by atoms with Crippen molar-refractivity contribution in [3.8, 4) is 5.75 Å². The van der Waals surface area contributed by atoms with E-state index in [0.29, 0.717) is 17.9 Å². The number of carbonyl (C=O) groups excluding carboxylic acids is 3. The van der Waals surface area contributed by atoms with E-state index in [-0.39, 0.29) is 19.2 Å². The Morgan fingerprint density at radius 1 is 0.809 bits per heavy atom. The van der Waals surface area contributed by atoms with Crippen LogP contribution in [0, 0.1) is 5.92 Å². The summed E-state index contributed by atoms with van der Waals surface area (Å²) in [5.41, 5.74) is 2.20. The van der Waals surface area contributed by atoms with E-state index >= 15 is 8.78 Å². The van der Waals surface area contributed by atoms with Crippen LogP contribution in [0.3, 0.4) is 0 Å². The summed E-state index contributed by atoms with van der Waals surface area (Å²) in [6.45, 7) is 9.34. The molecule has 0 spiro atoms. The molecule has 3 amide bonds. The van der Waals surface area contributed by atoms with E-state index in [1.54, 1.807) is 62.4 Å². The number of halogens is 2. The zero-order valence-corrected chi connectivity index (χ0v) is 28.5. The number of hydrogen-bond donors (Lipinski definition) is 4. The maximum atomic E-state index is 15.4. The van der Waals surface area contributed by atoms with Gasteiger partial charge in [0.05, 0.1) is 14.1 Å². The molecular weight excluding hydrogens is 624 g/mol. The van der Waals surface area contributed by atoms with Gasteiger partial charge in [0.15, 0.2) is 0 Å².